The van der Waals surface area contributed by atoms with Crippen LogP contribution in [0.25, 0.3) is 11.4 Å². The molecular weight excluding hydrogens is 332 g/mol. The van der Waals surface area contributed by atoms with Gasteiger partial charge in [0, 0.05) is 19.2 Å². The Kier molecular flexibility index (Phi) is 7.23. The summed E-state index contributed by atoms with van der Waals surface area (Å²) >= 11 is 0. The third-order valence-electron chi connectivity index (χ3n) is 4.04. The van der Waals surface area contributed by atoms with E-state index in [4.69, 9.17) is 4.74 Å². The minimum atomic E-state index is -0.425. The van der Waals surface area contributed by atoms with Crippen molar-refractivity contribution in [2.75, 3.05) is 32.1 Å². The molecule has 2 aromatic rings. The molecule has 0 aromatic carbocycles. The Morgan fingerprint density at radius 1 is 1.12 bits per heavy atom. The molecule has 1 N–H and O–H groups in total. The minimum Gasteiger partial charge on any atom is -0.465 e. The number of nitrogens with one attached hydrogen (secondary N) is 1. The highest BCUT2D eigenvalue weighted by Crippen LogP contribution is 2.18. The first-order chi connectivity index (χ1) is 12.6. The maximum Gasteiger partial charge on any atom is 0.337 e. The van der Waals surface area contributed by atoms with Crippen LogP contribution in [0.2, 0.25) is 0 Å². The molecule has 1 amide bonds. The zero-order valence-corrected chi connectivity index (χ0v) is 15.4. The van der Waals surface area contributed by atoms with E-state index in [-0.39, 0.29) is 5.91 Å². The van der Waals surface area contributed by atoms with Crippen molar-refractivity contribution >= 4 is 17.6 Å². The molecule has 0 atom stereocenters. The Morgan fingerprint density at radius 2 is 1.88 bits per heavy atom. The lowest BCUT2D eigenvalue weighted by atomic mass is 10.2. The topological polar surface area (TPSA) is 84.4 Å². The van der Waals surface area contributed by atoms with Crippen molar-refractivity contribution in [1.29, 1.82) is 0 Å². The summed E-state index contributed by atoms with van der Waals surface area (Å²) < 4.78 is 4.71. The molecule has 7 nitrogen and oxygen atoms in total. The number of hydrogen-bond donors (Lipinski definition) is 1. The number of hydrogen-bond acceptors (Lipinski definition) is 6. The van der Waals surface area contributed by atoms with Crippen molar-refractivity contribution < 1.29 is 14.3 Å². The van der Waals surface area contributed by atoms with Gasteiger partial charge in [0.15, 0.2) is 0 Å². The second kappa shape index (κ2) is 9.62. The molecule has 0 radical (unpaired) electrons. The maximum atomic E-state index is 12.0. The number of amides is 1. The molecule has 2 heterocycles. The summed E-state index contributed by atoms with van der Waals surface area (Å²) in [5.41, 5.74) is 2.21. The summed E-state index contributed by atoms with van der Waals surface area (Å²) in [5, 5.41) is 2.84. The van der Waals surface area contributed by atoms with Gasteiger partial charge in [0.2, 0.25) is 5.91 Å². The number of carbonyl (C=O) groups is 2. The maximum absolute atomic E-state index is 12.0. The second-order valence-corrected chi connectivity index (χ2v) is 5.68. The van der Waals surface area contributed by atoms with Crippen molar-refractivity contribution in [3.8, 4) is 11.4 Å². The highest BCUT2D eigenvalue weighted by Gasteiger charge is 2.10. The van der Waals surface area contributed by atoms with E-state index >= 15 is 0 Å². The van der Waals surface area contributed by atoms with Crippen LogP contribution in [0, 0.1) is 0 Å². The molecule has 0 bridgehead atoms. The van der Waals surface area contributed by atoms with E-state index in [9.17, 15) is 9.59 Å². The van der Waals surface area contributed by atoms with Gasteiger partial charge >= 0.3 is 5.97 Å². The van der Waals surface area contributed by atoms with Gasteiger partial charge in [0.05, 0.1) is 35.9 Å². The highest BCUT2D eigenvalue weighted by molar-refractivity contribution is 5.91. The van der Waals surface area contributed by atoms with Gasteiger partial charge in [-0.3, -0.25) is 14.8 Å². The molecule has 0 unspecified atom stereocenters. The van der Waals surface area contributed by atoms with E-state index in [0.717, 1.165) is 19.6 Å². The van der Waals surface area contributed by atoms with Crippen LogP contribution in [-0.2, 0) is 9.53 Å². The number of pyridine rings is 2. The van der Waals surface area contributed by atoms with Gasteiger partial charge < -0.3 is 15.0 Å². The Balaban J connectivity index is 2.00. The van der Waals surface area contributed by atoms with Crippen molar-refractivity contribution in [2.45, 2.75) is 20.3 Å². The van der Waals surface area contributed by atoms with E-state index in [0.29, 0.717) is 29.1 Å². The summed E-state index contributed by atoms with van der Waals surface area (Å²) in [6, 6.07) is 6.73. The van der Waals surface area contributed by atoms with Gasteiger partial charge in [-0.05, 0) is 37.4 Å². The standard InChI is InChI=1S/C19H24N4O3/c1-4-23(5-2)11-9-18(24)22-15-6-7-16(21-13-15)17-12-14(8-10-20-17)19(25)26-3/h6-8,10,12-13H,4-5,9,11H2,1-3H3,(H,22,24). The summed E-state index contributed by atoms with van der Waals surface area (Å²) in [7, 11) is 1.33. The third-order valence-corrected chi connectivity index (χ3v) is 4.04. The number of anilines is 1. The average molecular weight is 356 g/mol. The molecule has 0 aliphatic rings. The Labute approximate surface area is 153 Å². The molecule has 0 spiro atoms. The van der Waals surface area contributed by atoms with Gasteiger partial charge in [0.25, 0.3) is 0 Å². The Hall–Kier alpha value is -2.80. The molecule has 2 aromatic heterocycles. The van der Waals surface area contributed by atoms with Gasteiger partial charge in [-0.15, -0.1) is 0 Å². The molecular formula is C19H24N4O3. The predicted molar refractivity (Wildman–Crippen MR) is 99.8 cm³/mol. The molecule has 0 saturated heterocycles. The normalized spacial score (nSPS) is 10.6. The van der Waals surface area contributed by atoms with E-state index in [1.54, 1.807) is 30.5 Å². The Morgan fingerprint density at radius 3 is 2.50 bits per heavy atom. The minimum absolute atomic E-state index is 0.0442. The Bertz CT molecular complexity index is 743. The van der Waals surface area contributed by atoms with Crippen LogP contribution in [-0.4, -0.2) is 53.5 Å². The van der Waals surface area contributed by atoms with Gasteiger partial charge in [0.1, 0.15) is 0 Å². The summed E-state index contributed by atoms with van der Waals surface area (Å²) in [4.78, 5) is 34.4. The molecule has 0 saturated carbocycles. The van der Waals surface area contributed by atoms with Crippen LogP contribution in [0.4, 0.5) is 5.69 Å². The predicted octanol–water partition coefficient (Wildman–Crippen LogP) is 2.60. The summed E-state index contributed by atoms with van der Waals surface area (Å²) in [6.07, 6.45) is 3.55. The molecule has 0 aliphatic carbocycles. The molecule has 138 valence electrons. The van der Waals surface area contributed by atoms with Crippen LogP contribution in [0.15, 0.2) is 36.7 Å². The first-order valence-electron chi connectivity index (χ1n) is 8.60. The average Bonchev–Trinajstić information content (AvgIpc) is 2.68. The largest absolute Gasteiger partial charge is 0.465 e. The molecule has 0 aliphatic heterocycles. The van der Waals surface area contributed by atoms with Crippen molar-refractivity contribution in [1.82, 2.24) is 14.9 Å². The van der Waals surface area contributed by atoms with Crippen LogP contribution < -0.4 is 5.32 Å². The van der Waals surface area contributed by atoms with E-state index in [1.807, 2.05) is 0 Å². The SMILES string of the molecule is CCN(CC)CCC(=O)Nc1ccc(-c2cc(C(=O)OC)ccn2)nc1. The number of aromatic nitrogens is 2. The van der Waals surface area contributed by atoms with Gasteiger partial charge in [-0.25, -0.2) is 4.79 Å². The fraction of sp³-hybridized carbons (Fsp3) is 0.368. The molecule has 2 rings (SSSR count). The van der Waals surface area contributed by atoms with E-state index in [1.165, 1.54) is 13.3 Å². The van der Waals surface area contributed by atoms with E-state index < -0.39 is 5.97 Å². The first kappa shape index (κ1) is 19.5. The molecule has 26 heavy (non-hydrogen) atoms. The zero-order valence-electron chi connectivity index (χ0n) is 15.4. The number of ether oxygens (including phenoxy) is 1. The molecule has 0 fully saturated rings. The fourth-order valence-corrected chi connectivity index (χ4v) is 2.46. The lowest BCUT2D eigenvalue weighted by Gasteiger charge is -2.17. The summed E-state index contributed by atoms with van der Waals surface area (Å²) in [5.74, 6) is -0.469. The highest BCUT2D eigenvalue weighted by atomic mass is 16.5. The first-order valence-corrected chi connectivity index (χ1v) is 8.60. The number of methoxy groups -OCH3 is 1. The number of nitrogens with zero attached hydrogens (tertiary/aromatic N) is 3. The second-order valence-electron chi connectivity index (χ2n) is 5.68. The quantitative estimate of drug-likeness (QED) is 0.732. The van der Waals surface area contributed by atoms with Crippen molar-refractivity contribution in [3.05, 3.63) is 42.2 Å². The van der Waals surface area contributed by atoms with E-state index in [2.05, 4.69) is 34.0 Å². The lowest BCUT2D eigenvalue weighted by Crippen LogP contribution is -2.27. The van der Waals surface area contributed by atoms with Crippen molar-refractivity contribution in [3.63, 3.8) is 0 Å². The lowest BCUT2D eigenvalue weighted by molar-refractivity contribution is -0.116. The smallest absolute Gasteiger partial charge is 0.337 e. The van der Waals surface area contributed by atoms with Crippen LogP contribution in [0.1, 0.15) is 30.6 Å². The van der Waals surface area contributed by atoms with Crippen LogP contribution in [0.5, 0.6) is 0 Å². The number of carbonyl (C=O) groups excluding carboxylic acids is 2. The monoisotopic (exact) mass is 356 g/mol. The van der Waals surface area contributed by atoms with Crippen LogP contribution in [0.3, 0.4) is 0 Å². The van der Waals surface area contributed by atoms with Gasteiger partial charge in [-0.1, -0.05) is 13.8 Å². The number of rotatable bonds is 8. The number of esters is 1. The molecule has 7 heteroatoms. The van der Waals surface area contributed by atoms with Crippen LogP contribution >= 0.6 is 0 Å². The van der Waals surface area contributed by atoms with Gasteiger partial charge in [-0.2, -0.15) is 0 Å². The van der Waals surface area contributed by atoms with Crippen molar-refractivity contribution in [2.24, 2.45) is 0 Å². The zero-order chi connectivity index (χ0) is 18.9. The summed E-state index contributed by atoms with van der Waals surface area (Å²) in [6.45, 7) is 6.74. The fourth-order valence-electron chi connectivity index (χ4n) is 2.46. The third kappa shape index (κ3) is 5.35.